The van der Waals surface area contributed by atoms with E-state index in [-0.39, 0.29) is 17.4 Å². The van der Waals surface area contributed by atoms with Crippen molar-refractivity contribution in [3.63, 3.8) is 0 Å². The summed E-state index contributed by atoms with van der Waals surface area (Å²) in [6, 6.07) is 19.4. The summed E-state index contributed by atoms with van der Waals surface area (Å²) < 4.78 is 7.15. The van der Waals surface area contributed by atoms with Crippen molar-refractivity contribution in [2.75, 3.05) is 27.7 Å². The van der Waals surface area contributed by atoms with Crippen molar-refractivity contribution in [1.82, 2.24) is 14.5 Å². The number of hydrogen-bond donors (Lipinski definition) is 0. The Hall–Kier alpha value is -4.53. The average molecular weight is 528 g/mol. The number of amidine groups is 1. The second kappa shape index (κ2) is 11.9. The molecule has 0 atom stereocenters. The van der Waals surface area contributed by atoms with Crippen LogP contribution >= 0.6 is 0 Å². The first-order chi connectivity index (χ1) is 18.7. The number of fused-ring (bicyclic) bond motifs is 1. The Morgan fingerprint density at radius 3 is 2.49 bits per heavy atom. The van der Waals surface area contributed by atoms with Gasteiger partial charge in [0.05, 0.1) is 29.4 Å². The maximum atomic E-state index is 12.2. The molecule has 3 aromatic carbocycles. The molecule has 0 amide bonds. The highest BCUT2D eigenvalue weighted by Gasteiger charge is 2.17. The Labute approximate surface area is 227 Å². The van der Waals surface area contributed by atoms with E-state index in [9.17, 15) is 14.9 Å². The molecule has 0 N–H and O–H groups in total. The van der Waals surface area contributed by atoms with Gasteiger partial charge in [-0.3, -0.25) is 10.1 Å². The van der Waals surface area contributed by atoms with Crippen molar-refractivity contribution >= 4 is 28.5 Å². The molecule has 0 bridgehead atoms. The van der Waals surface area contributed by atoms with E-state index >= 15 is 0 Å². The number of benzene rings is 3. The zero-order chi connectivity index (χ0) is 28.1. The quantitative estimate of drug-likeness (QED) is 0.0914. The Balaban J connectivity index is 1.74. The van der Waals surface area contributed by atoms with E-state index in [4.69, 9.17) is 9.72 Å². The van der Waals surface area contributed by atoms with Crippen molar-refractivity contribution in [1.29, 1.82) is 0 Å². The lowest BCUT2D eigenvalue weighted by atomic mass is 9.98. The number of likely N-dealkylation sites (N-methyl/N-ethyl adjacent to an activating group) is 1. The Bertz CT molecular complexity index is 1540. The molecule has 0 aliphatic heterocycles. The highest BCUT2D eigenvalue weighted by Crippen LogP contribution is 2.29. The van der Waals surface area contributed by atoms with Crippen LogP contribution in [-0.2, 0) is 17.7 Å². The number of ether oxygens (including phenoxy) is 1. The highest BCUT2D eigenvalue weighted by molar-refractivity contribution is 5.97. The minimum absolute atomic E-state index is 0.351. The highest BCUT2D eigenvalue weighted by atomic mass is 16.6. The molecule has 9 nitrogen and oxygen atoms in total. The number of aryl methyl sites for hydroxylation is 2. The third-order valence-electron chi connectivity index (χ3n) is 6.56. The molecule has 0 aliphatic rings. The number of imidazole rings is 1. The first-order valence-corrected chi connectivity index (χ1v) is 12.8. The lowest BCUT2D eigenvalue weighted by Crippen LogP contribution is -2.28. The molecular formula is C30H33N5O4. The predicted octanol–water partition coefficient (Wildman–Crippen LogP) is 5.67. The predicted molar refractivity (Wildman–Crippen MR) is 153 cm³/mol. The average Bonchev–Trinajstić information content (AvgIpc) is 3.25. The van der Waals surface area contributed by atoms with E-state index in [2.05, 4.69) is 28.6 Å². The topological polar surface area (TPSA) is 103 Å². The molecule has 0 spiro atoms. The molecule has 0 saturated carbocycles. The summed E-state index contributed by atoms with van der Waals surface area (Å²) in [4.78, 5) is 34.3. The summed E-state index contributed by atoms with van der Waals surface area (Å²) in [6.45, 7) is 4.37. The van der Waals surface area contributed by atoms with E-state index in [0.717, 1.165) is 52.0 Å². The minimum Gasteiger partial charge on any atom is -0.465 e. The van der Waals surface area contributed by atoms with Crippen LogP contribution in [0.5, 0.6) is 0 Å². The fourth-order valence-corrected chi connectivity index (χ4v) is 4.61. The summed E-state index contributed by atoms with van der Waals surface area (Å²) >= 11 is 0. The first-order valence-electron chi connectivity index (χ1n) is 12.8. The minimum atomic E-state index is -0.374. The van der Waals surface area contributed by atoms with E-state index in [1.165, 1.54) is 7.11 Å². The van der Waals surface area contributed by atoms with Gasteiger partial charge in [-0.05, 0) is 53.8 Å². The Morgan fingerprint density at radius 1 is 1.13 bits per heavy atom. The van der Waals surface area contributed by atoms with Crippen LogP contribution in [0.15, 0.2) is 65.7 Å². The molecule has 1 aromatic heterocycles. The summed E-state index contributed by atoms with van der Waals surface area (Å²) in [5.41, 5.74) is 6.83. The van der Waals surface area contributed by atoms with Gasteiger partial charge in [-0.2, -0.15) is 0 Å². The Morgan fingerprint density at radius 2 is 1.85 bits per heavy atom. The molecule has 0 radical (unpaired) electrons. The fourth-order valence-electron chi connectivity index (χ4n) is 4.61. The van der Waals surface area contributed by atoms with Gasteiger partial charge in [0.2, 0.25) is 0 Å². The standard InChI is InChI=1S/C30H33N5O4/c1-6-9-27-32-29-20(2)16-23(31-28(33(3)4)19-35(37)38)17-26(29)34(27)18-21-12-14-22(15-13-21)24-10-7-8-11-25(24)30(36)39-5/h7-8,10-17H,6,9,18-19H2,1-5H3. The number of methoxy groups -OCH3 is 1. The summed E-state index contributed by atoms with van der Waals surface area (Å²) in [7, 11) is 4.89. The number of hydrogen-bond acceptors (Lipinski definition) is 6. The van der Waals surface area contributed by atoms with Crippen LogP contribution < -0.4 is 0 Å². The fraction of sp³-hybridized carbons (Fsp3) is 0.300. The Kier molecular flexibility index (Phi) is 8.39. The molecular weight excluding hydrogens is 494 g/mol. The second-order valence-electron chi connectivity index (χ2n) is 9.64. The number of rotatable bonds is 9. The lowest BCUT2D eigenvalue weighted by molar-refractivity contribution is -0.464. The van der Waals surface area contributed by atoms with Gasteiger partial charge in [0.15, 0.2) is 5.84 Å². The number of aliphatic imine (C=N–C) groups is 1. The zero-order valence-electron chi connectivity index (χ0n) is 23.0. The number of aromatic nitrogens is 2. The van der Waals surface area contributed by atoms with Gasteiger partial charge in [-0.1, -0.05) is 49.4 Å². The number of nitrogens with zero attached hydrogens (tertiary/aromatic N) is 5. The van der Waals surface area contributed by atoms with Crippen LogP contribution in [0.3, 0.4) is 0 Å². The van der Waals surface area contributed by atoms with Crippen LogP contribution in [0, 0.1) is 17.0 Å². The monoisotopic (exact) mass is 527 g/mol. The van der Waals surface area contributed by atoms with Gasteiger partial charge in [-0.25, -0.2) is 14.8 Å². The molecule has 4 rings (SSSR count). The van der Waals surface area contributed by atoms with Gasteiger partial charge in [-0.15, -0.1) is 0 Å². The van der Waals surface area contributed by atoms with Crippen LogP contribution in [0.1, 0.15) is 40.7 Å². The van der Waals surface area contributed by atoms with Crippen LogP contribution in [-0.4, -0.2) is 58.9 Å². The third kappa shape index (κ3) is 6.14. The van der Waals surface area contributed by atoms with Crippen molar-refractivity contribution in [2.24, 2.45) is 4.99 Å². The largest absolute Gasteiger partial charge is 0.465 e. The normalized spacial score (nSPS) is 11.6. The first kappa shape index (κ1) is 27.5. The van der Waals surface area contributed by atoms with Crippen molar-refractivity contribution in [3.8, 4) is 11.1 Å². The van der Waals surface area contributed by atoms with Crippen LogP contribution in [0.25, 0.3) is 22.2 Å². The van der Waals surface area contributed by atoms with Gasteiger partial charge >= 0.3 is 5.97 Å². The lowest BCUT2D eigenvalue weighted by Gasteiger charge is -2.13. The number of carbonyl (C=O) groups excluding carboxylic acids is 1. The molecule has 0 saturated heterocycles. The molecule has 1 heterocycles. The van der Waals surface area contributed by atoms with E-state index in [0.29, 0.717) is 23.6 Å². The maximum absolute atomic E-state index is 12.2. The summed E-state index contributed by atoms with van der Waals surface area (Å²) in [5.74, 6) is 0.990. The van der Waals surface area contributed by atoms with Crippen LogP contribution in [0.2, 0.25) is 0 Å². The van der Waals surface area contributed by atoms with E-state index in [1.807, 2.05) is 49.4 Å². The van der Waals surface area contributed by atoms with E-state index < -0.39 is 0 Å². The molecule has 0 aliphatic carbocycles. The maximum Gasteiger partial charge on any atom is 0.338 e. The number of carbonyl (C=O) groups is 1. The van der Waals surface area contributed by atoms with E-state index in [1.54, 1.807) is 25.1 Å². The van der Waals surface area contributed by atoms with Gasteiger partial charge in [0.1, 0.15) is 5.82 Å². The molecule has 0 fully saturated rings. The second-order valence-corrected chi connectivity index (χ2v) is 9.64. The smallest absolute Gasteiger partial charge is 0.338 e. The molecule has 202 valence electrons. The van der Waals surface area contributed by atoms with Gasteiger partial charge in [0.25, 0.3) is 6.54 Å². The number of nitro groups is 1. The summed E-state index contributed by atoms with van der Waals surface area (Å²) in [5, 5.41) is 11.2. The molecule has 39 heavy (non-hydrogen) atoms. The van der Waals surface area contributed by atoms with Crippen molar-refractivity contribution in [2.45, 2.75) is 33.2 Å². The third-order valence-corrected chi connectivity index (χ3v) is 6.56. The van der Waals surface area contributed by atoms with Crippen molar-refractivity contribution in [3.05, 3.63) is 93.3 Å². The summed E-state index contributed by atoms with van der Waals surface area (Å²) in [6.07, 6.45) is 1.77. The number of esters is 1. The zero-order valence-corrected chi connectivity index (χ0v) is 23.0. The van der Waals surface area contributed by atoms with Gasteiger partial charge in [0, 0.05) is 32.0 Å². The molecule has 4 aromatic rings. The molecule has 0 unspecified atom stereocenters. The van der Waals surface area contributed by atoms with Crippen molar-refractivity contribution < 1.29 is 14.5 Å². The SMILES string of the molecule is CCCc1nc2c(C)cc(N=C(C[N+](=O)[O-])N(C)C)cc2n1Cc1ccc(-c2ccccc2C(=O)OC)cc1. The van der Waals surface area contributed by atoms with Crippen LogP contribution in [0.4, 0.5) is 5.69 Å². The van der Waals surface area contributed by atoms with Gasteiger partial charge < -0.3 is 14.2 Å². The molecule has 9 heteroatoms.